The maximum Gasteiger partial charge on any atom is 0.261 e. The molecule has 2 aromatic rings. The lowest BCUT2D eigenvalue weighted by molar-refractivity contribution is 0.0955. The second-order valence-corrected chi connectivity index (χ2v) is 7.24. The highest BCUT2D eigenvalue weighted by atomic mass is 32.1. The molecule has 1 aliphatic carbocycles. The Morgan fingerprint density at radius 2 is 2.09 bits per heavy atom. The number of rotatable bonds is 4. The summed E-state index contributed by atoms with van der Waals surface area (Å²) in [6, 6.07) is 8.42. The molecule has 0 saturated carbocycles. The van der Waals surface area contributed by atoms with Crippen LogP contribution >= 0.6 is 11.3 Å². The largest absolute Gasteiger partial charge is 0.378 e. The van der Waals surface area contributed by atoms with Crippen molar-refractivity contribution in [2.75, 3.05) is 19.0 Å². The quantitative estimate of drug-likeness (QED) is 0.936. The maximum absolute atomic E-state index is 12.3. The topological polar surface area (TPSA) is 32.3 Å². The van der Waals surface area contributed by atoms with Gasteiger partial charge in [-0.3, -0.25) is 4.79 Å². The van der Waals surface area contributed by atoms with Gasteiger partial charge in [-0.05, 0) is 61.1 Å². The number of nitrogens with zero attached hydrogens (tertiary/aromatic N) is 1. The molecule has 0 aliphatic heterocycles. The van der Waals surface area contributed by atoms with Gasteiger partial charge in [0.05, 0.1) is 4.88 Å². The van der Waals surface area contributed by atoms with Gasteiger partial charge in [0.25, 0.3) is 5.91 Å². The number of thiophene rings is 1. The van der Waals surface area contributed by atoms with E-state index in [4.69, 9.17) is 0 Å². The first kappa shape index (κ1) is 15.1. The molecule has 1 amide bonds. The SMILES string of the molecule is Cc1cc(N(C)C)ccc1CNC(=O)c1cc2c(s1)CCC2. The van der Waals surface area contributed by atoms with E-state index in [2.05, 4.69) is 41.4 Å². The summed E-state index contributed by atoms with van der Waals surface area (Å²) in [6.07, 6.45) is 3.50. The molecule has 0 spiro atoms. The molecule has 0 saturated heterocycles. The van der Waals surface area contributed by atoms with Crippen molar-refractivity contribution in [2.24, 2.45) is 0 Å². The molecule has 116 valence electrons. The third-order valence-corrected chi connectivity index (χ3v) is 5.49. The Balaban J connectivity index is 1.65. The van der Waals surface area contributed by atoms with Crippen LogP contribution in [0.3, 0.4) is 0 Å². The number of hydrogen-bond donors (Lipinski definition) is 1. The molecule has 4 heteroatoms. The van der Waals surface area contributed by atoms with E-state index in [1.54, 1.807) is 11.3 Å². The Hall–Kier alpha value is -1.81. The lowest BCUT2D eigenvalue weighted by atomic mass is 10.1. The number of anilines is 1. The van der Waals surface area contributed by atoms with Crippen molar-refractivity contribution in [2.45, 2.75) is 32.7 Å². The highest BCUT2D eigenvalue weighted by Gasteiger charge is 2.18. The molecule has 1 heterocycles. The number of fused-ring (bicyclic) bond motifs is 1. The predicted molar refractivity (Wildman–Crippen MR) is 93.0 cm³/mol. The van der Waals surface area contributed by atoms with Crippen LogP contribution in [0.25, 0.3) is 0 Å². The summed E-state index contributed by atoms with van der Waals surface area (Å²) in [5.41, 5.74) is 4.94. The fraction of sp³-hybridized carbons (Fsp3) is 0.389. The molecular weight excluding hydrogens is 292 g/mol. The van der Waals surface area contributed by atoms with Gasteiger partial charge in [-0.15, -0.1) is 11.3 Å². The monoisotopic (exact) mass is 314 g/mol. The number of benzene rings is 1. The zero-order valence-electron chi connectivity index (χ0n) is 13.4. The summed E-state index contributed by atoms with van der Waals surface area (Å²) in [7, 11) is 4.07. The highest BCUT2D eigenvalue weighted by molar-refractivity contribution is 7.14. The van der Waals surface area contributed by atoms with E-state index in [1.807, 2.05) is 14.1 Å². The molecule has 0 fully saturated rings. The first-order chi connectivity index (χ1) is 10.5. The fourth-order valence-corrected chi connectivity index (χ4v) is 4.03. The summed E-state index contributed by atoms with van der Waals surface area (Å²) in [4.78, 5) is 16.6. The molecule has 1 aromatic heterocycles. The van der Waals surface area contributed by atoms with Gasteiger partial charge < -0.3 is 10.2 Å². The van der Waals surface area contributed by atoms with Crippen molar-refractivity contribution >= 4 is 22.9 Å². The van der Waals surface area contributed by atoms with Gasteiger partial charge in [0.15, 0.2) is 0 Å². The van der Waals surface area contributed by atoms with Crippen LogP contribution in [0.4, 0.5) is 5.69 Å². The zero-order chi connectivity index (χ0) is 15.7. The average Bonchev–Trinajstić information content (AvgIpc) is 3.06. The van der Waals surface area contributed by atoms with Gasteiger partial charge in [0, 0.05) is 31.2 Å². The molecule has 0 radical (unpaired) electrons. The molecule has 22 heavy (non-hydrogen) atoms. The highest BCUT2D eigenvalue weighted by Crippen LogP contribution is 2.30. The van der Waals surface area contributed by atoms with Crippen LogP contribution in [0.1, 0.15) is 37.7 Å². The summed E-state index contributed by atoms with van der Waals surface area (Å²) in [5, 5.41) is 3.05. The van der Waals surface area contributed by atoms with E-state index >= 15 is 0 Å². The minimum absolute atomic E-state index is 0.0514. The van der Waals surface area contributed by atoms with Gasteiger partial charge in [0.2, 0.25) is 0 Å². The summed E-state index contributed by atoms with van der Waals surface area (Å²) < 4.78 is 0. The van der Waals surface area contributed by atoms with Crippen LogP contribution in [0, 0.1) is 6.92 Å². The molecule has 0 atom stereocenters. The van der Waals surface area contributed by atoms with Gasteiger partial charge >= 0.3 is 0 Å². The van der Waals surface area contributed by atoms with Crippen LogP contribution in [-0.2, 0) is 19.4 Å². The summed E-state index contributed by atoms with van der Waals surface area (Å²) >= 11 is 1.66. The number of aryl methyl sites for hydroxylation is 3. The molecule has 0 unspecified atom stereocenters. The second-order valence-electron chi connectivity index (χ2n) is 6.10. The van der Waals surface area contributed by atoms with Crippen molar-refractivity contribution < 1.29 is 4.79 Å². The van der Waals surface area contributed by atoms with Crippen LogP contribution < -0.4 is 10.2 Å². The van der Waals surface area contributed by atoms with Gasteiger partial charge in [0.1, 0.15) is 0 Å². The Bertz CT molecular complexity index is 682. The fourth-order valence-electron chi connectivity index (χ4n) is 2.86. The average molecular weight is 314 g/mol. The zero-order valence-corrected chi connectivity index (χ0v) is 14.2. The van der Waals surface area contributed by atoms with Gasteiger partial charge in [-0.2, -0.15) is 0 Å². The molecular formula is C18H22N2OS. The van der Waals surface area contributed by atoms with Gasteiger partial charge in [-0.1, -0.05) is 6.07 Å². The third kappa shape index (κ3) is 3.02. The van der Waals surface area contributed by atoms with Crippen molar-refractivity contribution in [1.29, 1.82) is 0 Å². The Kier molecular flexibility index (Phi) is 4.21. The molecule has 1 aliphatic rings. The number of hydrogen-bond acceptors (Lipinski definition) is 3. The van der Waals surface area contributed by atoms with E-state index in [1.165, 1.54) is 33.7 Å². The summed E-state index contributed by atoms with van der Waals surface area (Å²) in [6.45, 7) is 2.68. The lowest BCUT2D eigenvalue weighted by Crippen LogP contribution is -2.22. The van der Waals surface area contributed by atoms with Crippen molar-refractivity contribution in [1.82, 2.24) is 5.32 Å². The molecule has 3 nitrogen and oxygen atoms in total. The number of carbonyl (C=O) groups is 1. The van der Waals surface area contributed by atoms with E-state index in [0.29, 0.717) is 6.54 Å². The van der Waals surface area contributed by atoms with Crippen molar-refractivity contribution in [3.05, 3.63) is 50.7 Å². The first-order valence-corrected chi connectivity index (χ1v) is 8.53. The Labute approximate surface area is 136 Å². The normalized spacial score (nSPS) is 13.0. The smallest absolute Gasteiger partial charge is 0.261 e. The predicted octanol–water partition coefficient (Wildman–Crippen LogP) is 3.54. The third-order valence-electron chi connectivity index (χ3n) is 4.25. The molecule has 1 N–H and O–H groups in total. The number of amides is 1. The lowest BCUT2D eigenvalue weighted by Gasteiger charge is -2.15. The van der Waals surface area contributed by atoms with Crippen LogP contribution in [0.5, 0.6) is 0 Å². The Morgan fingerprint density at radius 3 is 2.77 bits per heavy atom. The van der Waals surface area contributed by atoms with E-state index in [0.717, 1.165) is 17.7 Å². The second kappa shape index (κ2) is 6.13. The minimum atomic E-state index is 0.0514. The van der Waals surface area contributed by atoms with Crippen molar-refractivity contribution in [3.63, 3.8) is 0 Å². The standard InChI is InChI=1S/C18H22N2OS/c1-12-9-15(20(2)3)8-7-14(12)11-19-18(21)17-10-13-5-4-6-16(13)22-17/h7-10H,4-6,11H2,1-3H3,(H,19,21). The minimum Gasteiger partial charge on any atom is -0.378 e. The van der Waals surface area contributed by atoms with Crippen molar-refractivity contribution in [3.8, 4) is 0 Å². The molecule has 0 bridgehead atoms. The van der Waals surface area contributed by atoms with E-state index in [-0.39, 0.29) is 5.91 Å². The maximum atomic E-state index is 12.3. The number of carbonyl (C=O) groups excluding carboxylic acids is 1. The summed E-state index contributed by atoms with van der Waals surface area (Å²) in [5.74, 6) is 0.0514. The van der Waals surface area contributed by atoms with Crippen LogP contribution in [0.2, 0.25) is 0 Å². The van der Waals surface area contributed by atoms with Crippen LogP contribution in [0.15, 0.2) is 24.3 Å². The number of nitrogens with one attached hydrogen (secondary N) is 1. The van der Waals surface area contributed by atoms with Crippen LogP contribution in [-0.4, -0.2) is 20.0 Å². The van der Waals surface area contributed by atoms with Gasteiger partial charge in [-0.25, -0.2) is 0 Å². The molecule has 3 rings (SSSR count). The first-order valence-electron chi connectivity index (χ1n) is 7.71. The molecule has 1 aromatic carbocycles. The Morgan fingerprint density at radius 1 is 1.27 bits per heavy atom. The van der Waals surface area contributed by atoms with E-state index < -0.39 is 0 Å². The van der Waals surface area contributed by atoms with E-state index in [9.17, 15) is 4.79 Å².